The molecule has 0 unspecified atom stereocenters. The third kappa shape index (κ3) is 4.10. The first kappa shape index (κ1) is 16.8. The monoisotopic (exact) mass is 333 g/mol. The van der Waals surface area contributed by atoms with E-state index in [9.17, 15) is 4.79 Å². The first-order chi connectivity index (χ1) is 12.0. The van der Waals surface area contributed by atoms with Crippen molar-refractivity contribution in [3.63, 3.8) is 0 Å². The van der Waals surface area contributed by atoms with Gasteiger partial charge in [-0.15, -0.1) is 0 Å². The maximum Gasteiger partial charge on any atom is 0.285 e. The molecule has 2 aromatic carbocycles. The molecule has 25 heavy (non-hydrogen) atoms. The summed E-state index contributed by atoms with van der Waals surface area (Å²) in [6.07, 6.45) is 5.16. The van der Waals surface area contributed by atoms with Crippen LogP contribution in [0.4, 0.5) is 0 Å². The van der Waals surface area contributed by atoms with Gasteiger partial charge in [-0.3, -0.25) is 4.79 Å². The highest BCUT2D eigenvalue weighted by molar-refractivity contribution is 5.94. The maximum absolute atomic E-state index is 12.3. The first-order valence-corrected chi connectivity index (χ1v) is 8.22. The molecule has 0 radical (unpaired) electrons. The molecule has 0 bridgehead atoms. The summed E-state index contributed by atoms with van der Waals surface area (Å²) in [6.45, 7) is 6.35. The van der Waals surface area contributed by atoms with Gasteiger partial charge in [-0.1, -0.05) is 48.0 Å². The van der Waals surface area contributed by atoms with Gasteiger partial charge in [0.1, 0.15) is 5.75 Å². The van der Waals surface area contributed by atoms with Crippen LogP contribution >= 0.6 is 0 Å². The molecule has 0 fully saturated rings. The molecule has 4 heteroatoms. The number of ether oxygens (including phenoxy) is 1. The van der Waals surface area contributed by atoms with Crippen LogP contribution in [0.5, 0.6) is 11.6 Å². The smallest absolute Gasteiger partial charge is 0.285 e. The Hall–Kier alpha value is -3.01. The van der Waals surface area contributed by atoms with E-state index in [-0.39, 0.29) is 12.3 Å². The van der Waals surface area contributed by atoms with Crippen molar-refractivity contribution in [2.24, 2.45) is 0 Å². The molecule has 3 rings (SSSR count). The Kier molecular flexibility index (Phi) is 4.89. The van der Waals surface area contributed by atoms with Crippen molar-refractivity contribution in [2.75, 3.05) is 0 Å². The minimum atomic E-state index is 0.0467. The van der Waals surface area contributed by atoms with Crippen molar-refractivity contribution in [2.45, 2.75) is 27.3 Å². The van der Waals surface area contributed by atoms with E-state index in [1.54, 1.807) is 23.2 Å². The largest absolute Gasteiger partial charge is 0.434 e. The van der Waals surface area contributed by atoms with E-state index in [0.29, 0.717) is 11.4 Å². The number of ketones is 1. The van der Waals surface area contributed by atoms with E-state index in [0.717, 1.165) is 16.9 Å². The molecule has 0 spiro atoms. The van der Waals surface area contributed by atoms with Crippen molar-refractivity contribution in [1.82, 2.24) is 4.98 Å². The van der Waals surface area contributed by atoms with Gasteiger partial charge in [0, 0.05) is 5.56 Å². The van der Waals surface area contributed by atoms with Crippen molar-refractivity contribution < 1.29 is 14.1 Å². The Morgan fingerprint density at radius 3 is 2.44 bits per heavy atom. The van der Waals surface area contributed by atoms with E-state index in [2.05, 4.69) is 24.0 Å². The average molecular weight is 333 g/mol. The third-order valence-corrected chi connectivity index (χ3v) is 3.97. The zero-order valence-electron chi connectivity index (χ0n) is 14.7. The first-order valence-electron chi connectivity index (χ1n) is 8.22. The normalized spacial score (nSPS) is 10.5. The standard InChI is InChI=1S/C21H21N2O2/c1-15-11-16(2)21(17(3)12-15)25-20-14-23(10-9-22-20)13-19(24)18-7-5-4-6-8-18/h4-12,14H,13H2,1-3H3/q+1. The van der Waals surface area contributed by atoms with Crippen molar-refractivity contribution in [3.8, 4) is 11.6 Å². The van der Waals surface area contributed by atoms with Crippen LogP contribution in [0.25, 0.3) is 0 Å². The molecule has 4 nitrogen and oxygen atoms in total. The Balaban J connectivity index is 1.79. The summed E-state index contributed by atoms with van der Waals surface area (Å²) in [7, 11) is 0. The fourth-order valence-electron chi connectivity index (χ4n) is 2.88. The van der Waals surface area contributed by atoms with Crippen molar-refractivity contribution >= 4 is 5.78 Å². The number of carbonyl (C=O) groups is 1. The molecule has 0 aliphatic carbocycles. The van der Waals surface area contributed by atoms with Crippen LogP contribution in [0.1, 0.15) is 27.0 Å². The lowest BCUT2D eigenvalue weighted by atomic mass is 10.1. The lowest BCUT2D eigenvalue weighted by molar-refractivity contribution is -0.683. The van der Waals surface area contributed by atoms with Crippen LogP contribution in [0.2, 0.25) is 0 Å². The van der Waals surface area contributed by atoms with Gasteiger partial charge in [0.15, 0.2) is 6.20 Å². The zero-order chi connectivity index (χ0) is 17.8. The van der Waals surface area contributed by atoms with Crippen LogP contribution in [-0.2, 0) is 6.54 Å². The molecule has 0 saturated carbocycles. The topological polar surface area (TPSA) is 43.1 Å². The fourth-order valence-corrected chi connectivity index (χ4v) is 2.88. The molecule has 0 aliphatic heterocycles. The quantitative estimate of drug-likeness (QED) is 0.524. The molecule has 1 aromatic heterocycles. The molecule has 0 amide bonds. The van der Waals surface area contributed by atoms with Gasteiger partial charge in [0.05, 0.1) is 6.20 Å². The second-order valence-corrected chi connectivity index (χ2v) is 6.19. The predicted octanol–water partition coefficient (Wildman–Crippen LogP) is 3.97. The van der Waals surface area contributed by atoms with Gasteiger partial charge in [-0.2, -0.15) is 4.57 Å². The summed E-state index contributed by atoms with van der Waals surface area (Å²) >= 11 is 0. The number of aromatic nitrogens is 2. The predicted molar refractivity (Wildman–Crippen MR) is 95.9 cm³/mol. The highest BCUT2D eigenvalue weighted by atomic mass is 16.5. The number of hydrogen-bond donors (Lipinski definition) is 0. The number of carbonyl (C=O) groups excluding carboxylic acids is 1. The Bertz CT molecular complexity index is 882. The second-order valence-electron chi connectivity index (χ2n) is 6.19. The van der Waals surface area contributed by atoms with Gasteiger partial charge in [0.25, 0.3) is 5.88 Å². The maximum atomic E-state index is 12.3. The number of nitrogens with zero attached hydrogens (tertiary/aromatic N) is 2. The second kappa shape index (κ2) is 7.26. The van der Waals surface area contributed by atoms with Crippen LogP contribution in [0.15, 0.2) is 61.1 Å². The minimum Gasteiger partial charge on any atom is -0.434 e. The summed E-state index contributed by atoms with van der Waals surface area (Å²) < 4.78 is 7.77. The lowest BCUT2D eigenvalue weighted by Crippen LogP contribution is -2.37. The highest BCUT2D eigenvalue weighted by Gasteiger charge is 2.14. The van der Waals surface area contributed by atoms with E-state index >= 15 is 0 Å². The molecule has 1 heterocycles. The lowest BCUT2D eigenvalue weighted by Gasteiger charge is -2.11. The van der Waals surface area contributed by atoms with Gasteiger partial charge in [-0.25, -0.2) is 4.98 Å². The third-order valence-electron chi connectivity index (χ3n) is 3.97. The molecule has 0 atom stereocenters. The van der Waals surface area contributed by atoms with Crippen LogP contribution in [-0.4, -0.2) is 10.8 Å². The van der Waals surface area contributed by atoms with Crippen LogP contribution < -0.4 is 9.30 Å². The van der Waals surface area contributed by atoms with Gasteiger partial charge >= 0.3 is 0 Å². The molecule has 126 valence electrons. The molecular weight excluding hydrogens is 312 g/mol. The molecule has 0 saturated heterocycles. The van der Waals surface area contributed by atoms with Crippen molar-refractivity contribution in [3.05, 3.63) is 83.3 Å². The number of aryl methyl sites for hydroxylation is 3. The molecule has 0 N–H and O–H groups in total. The highest BCUT2D eigenvalue weighted by Crippen LogP contribution is 2.28. The minimum absolute atomic E-state index is 0.0467. The SMILES string of the molecule is Cc1cc(C)c(Oc2c[n+](CC(=O)c3ccccc3)ccn2)c(C)c1. The van der Waals surface area contributed by atoms with Crippen molar-refractivity contribution in [1.29, 1.82) is 0 Å². The Morgan fingerprint density at radius 2 is 1.76 bits per heavy atom. The summed E-state index contributed by atoms with van der Waals surface area (Å²) in [4.78, 5) is 16.6. The van der Waals surface area contributed by atoms with Gasteiger partial charge < -0.3 is 4.74 Å². The summed E-state index contributed by atoms with van der Waals surface area (Å²) in [5, 5.41) is 0. The average Bonchev–Trinajstić information content (AvgIpc) is 2.59. The van der Waals surface area contributed by atoms with Crippen LogP contribution in [0.3, 0.4) is 0 Å². The summed E-state index contributed by atoms with van der Waals surface area (Å²) in [6, 6.07) is 13.4. The van der Waals surface area contributed by atoms with E-state index in [4.69, 9.17) is 4.74 Å². The fraction of sp³-hybridized carbons (Fsp3) is 0.190. The molecule has 3 aromatic rings. The summed E-state index contributed by atoms with van der Waals surface area (Å²) in [5.41, 5.74) is 4.02. The van der Waals surface area contributed by atoms with Crippen LogP contribution in [0, 0.1) is 20.8 Å². The summed E-state index contributed by atoms with van der Waals surface area (Å²) in [5.74, 6) is 1.33. The molecule has 0 aliphatic rings. The number of benzene rings is 2. The van der Waals surface area contributed by atoms with Gasteiger partial charge in [-0.05, 0) is 31.9 Å². The zero-order valence-corrected chi connectivity index (χ0v) is 14.7. The number of Topliss-reactive ketones (excluding diaryl/α,β-unsaturated/α-hetero) is 1. The molecular formula is C21H21N2O2+. The Morgan fingerprint density at radius 1 is 1.08 bits per heavy atom. The Labute approximate surface area is 147 Å². The number of hydrogen-bond acceptors (Lipinski definition) is 3. The van der Waals surface area contributed by atoms with Gasteiger partial charge in [0.2, 0.25) is 18.5 Å². The van der Waals surface area contributed by atoms with E-state index in [1.165, 1.54) is 5.56 Å². The van der Waals surface area contributed by atoms with E-state index < -0.39 is 0 Å². The number of rotatable bonds is 5. The van der Waals surface area contributed by atoms with E-state index in [1.807, 2.05) is 44.2 Å².